The molecule has 0 aromatic heterocycles. The lowest BCUT2D eigenvalue weighted by Gasteiger charge is -2.32. The molecular formula is C25H26N2O5. The van der Waals surface area contributed by atoms with Gasteiger partial charge in [-0.3, -0.25) is 14.5 Å². The van der Waals surface area contributed by atoms with Crippen LogP contribution in [0.2, 0.25) is 0 Å². The molecule has 5 rings (SSSR count). The molecule has 0 atom stereocenters. The molecule has 0 radical (unpaired) electrons. The van der Waals surface area contributed by atoms with Crippen molar-refractivity contribution < 1.29 is 23.8 Å². The predicted octanol–water partition coefficient (Wildman–Crippen LogP) is 3.44. The number of fused-ring (bicyclic) bond motifs is 1. The molecule has 2 aromatic carbocycles. The van der Waals surface area contributed by atoms with Crippen LogP contribution in [0.4, 0.5) is 0 Å². The Morgan fingerprint density at radius 1 is 0.969 bits per heavy atom. The van der Waals surface area contributed by atoms with Crippen molar-refractivity contribution in [3.8, 4) is 17.2 Å². The molecule has 0 saturated carbocycles. The van der Waals surface area contributed by atoms with E-state index >= 15 is 0 Å². The largest absolute Gasteiger partial charge is 0.497 e. The van der Waals surface area contributed by atoms with Crippen LogP contribution in [0.1, 0.15) is 30.9 Å². The van der Waals surface area contributed by atoms with E-state index in [4.69, 9.17) is 14.2 Å². The third kappa shape index (κ3) is 3.57. The number of piperidine rings is 1. The average Bonchev–Trinajstić information content (AvgIpc) is 3.37. The average molecular weight is 434 g/mol. The minimum absolute atomic E-state index is 0.182. The van der Waals surface area contributed by atoms with Gasteiger partial charge in [0.2, 0.25) is 6.79 Å². The number of imide groups is 1. The van der Waals surface area contributed by atoms with Gasteiger partial charge in [0.25, 0.3) is 11.8 Å². The molecule has 32 heavy (non-hydrogen) atoms. The van der Waals surface area contributed by atoms with Crippen molar-refractivity contribution in [2.24, 2.45) is 5.92 Å². The molecule has 0 N–H and O–H groups in total. The van der Waals surface area contributed by atoms with Gasteiger partial charge in [0.15, 0.2) is 11.5 Å². The van der Waals surface area contributed by atoms with Crippen molar-refractivity contribution >= 4 is 17.4 Å². The number of ether oxygens (including phenoxy) is 3. The fourth-order valence-corrected chi connectivity index (χ4v) is 4.47. The number of hydrogen-bond acceptors (Lipinski definition) is 6. The van der Waals surface area contributed by atoms with Gasteiger partial charge >= 0.3 is 0 Å². The number of nitrogens with zero attached hydrogens (tertiary/aromatic N) is 2. The Morgan fingerprint density at radius 2 is 1.69 bits per heavy atom. The van der Waals surface area contributed by atoms with Gasteiger partial charge in [-0.1, -0.05) is 25.1 Å². The standard InChI is InChI=1S/C25H26N2O5/c1-16-9-11-26(12-10-16)23-22(18-4-6-19(30-2)7-5-18)24(28)27(25(23)29)14-17-3-8-20-21(13-17)32-15-31-20/h3-8,13,16H,9-12,14-15H2,1-2H3. The highest BCUT2D eigenvalue weighted by molar-refractivity contribution is 6.35. The van der Waals surface area contributed by atoms with Crippen molar-refractivity contribution in [1.29, 1.82) is 0 Å². The molecule has 0 aliphatic carbocycles. The summed E-state index contributed by atoms with van der Waals surface area (Å²) in [4.78, 5) is 30.5. The van der Waals surface area contributed by atoms with Crippen molar-refractivity contribution in [3.63, 3.8) is 0 Å². The van der Waals surface area contributed by atoms with Gasteiger partial charge in [-0.15, -0.1) is 0 Å². The molecule has 3 aliphatic rings. The zero-order valence-electron chi connectivity index (χ0n) is 18.3. The van der Waals surface area contributed by atoms with E-state index in [0.29, 0.717) is 34.4 Å². The SMILES string of the molecule is COc1ccc(C2=C(N3CCC(C)CC3)C(=O)N(Cc3ccc4c(c3)OCO4)C2=O)cc1. The van der Waals surface area contributed by atoms with Crippen LogP contribution >= 0.6 is 0 Å². The zero-order chi connectivity index (χ0) is 22.2. The Labute approximate surface area is 187 Å². The maximum atomic E-state index is 13.6. The summed E-state index contributed by atoms with van der Waals surface area (Å²) in [7, 11) is 1.60. The van der Waals surface area contributed by atoms with E-state index in [0.717, 1.165) is 37.1 Å². The minimum atomic E-state index is -0.272. The Hall–Kier alpha value is -3.48. The summed E-state index contributed by atoms with van der Waals surface area (Å²) in [6.45, 7) is 4.13. The van der Waals surface area contributed by atoms with E-state index in [-0.39, 0.29) is 25.2 Å². The second-order valence-electron chi connectivity index (χ2n) is 8.51. The lowest BCUT2D eigenvalue weighted by atomic mass is 9.97. The molecule has 0 bridgehead atoms. The van der Waals surface area contributed by atoms with Crippen molar-refractivity contribution in [2.75, 3.05) is 27.0 Å². The van der Waals surface area contributed by atoms with Crippen LogP contribution in [0, 0.1) is 5.92 Å². The summed E-state index contributed by atoms with van der Waals surface area (Å²) in [5, 5.41) is 0. The van der Waals surface area contributed by atoms with Crippen LogP contribution < -0.4 is 14.2 Å². The normalized spacial score (nSPS) is 18.7. The fourth-order valence-electron chi connectivity index (χ4n) is 4.47. The van der Waals surface area contributed by atoms with E-state index in [1.807, 2.05) is 42.5 Å². The first-order chi connectivity index (χ1) is 15.5. The minimum Gasteiger partial charge on any atom is -0.497 e. The molecule has 166 valence electrons. The number of methoxy groups -OCH3 is 1. The van der Waals surface area contributed by atoms with Crippen LogP contribution in [-0.4, -0.2) is 48.6 Å². The highest BCUT2D eigenvalue weighted by Crippen LogP contribution is 2.37. The highest BCUT2D eigenvalue weighted by atomic mass is 16.7. The van der Waals surface area contributed by atoms with Crippen LogP contribution in [0.3, 0.4) is 0 Å². The summed E-state index contributed by atoms with van der Waals surface area (Å²) in [6.07, 6.45) is 2.01. The molecule has 0 unspecified atom stereocenters. The van der Waals surface area contributed by atoms with Crippen LogP contribution in [0.15, 0.2) is 48.2 Å². The van der Waals surface area contributed by atoms with Crippen molar-refractivity contribution in [1.82, 2.24) is 9.80 Å². The third-order valence-corrected chi connectivity index (χ3v) is 6.40. The Bertz CT molecular complexity index is 1080. The van der Waals surface area contributed by atoms with E-state index in [1.165, 1.54) is 4.90 Å². The zero-order valence-corrected chi connectivity index (χ0v) is 18.3. The summed E-state index contributed by atoms with van der Waals surface area (Å²) in [5.41, 5.74) is 2.52. The molecule has 1 saturated heterocycles. The highest BCUT2D eigenvalue weighted by Gasteiger charge is 2.42. The number of likely N-dealkylation sites (tertiary alicyclic amines) is 1. The van der Waals surface area contributed by atoms with E-state index in [1.54, 1.807) is 7.11 Å². The number of carbonyl (C=O) groups is 2. The second kappa shape index (κ2) is 8.22. The monoisotopic (exact) mass is 434 g/mol. The van der Waals surface area contributed by atoms with Crippen LogP contribution in [0.5, 0.6) is 17.2 Å². The molecule has 7 nitrogen and oxygen atoms in total. The number of benzene rings is 2. The van der Waals surface area contributed by atoms with Gasteiger partial charge in [0.05, 0.1) is 19.2 Å². The molecular weight excluding hydrogens is 408 g/mol. The third-order valence-electron chi connectivity index (χ3n) is 6.40. The Balaban J connectivity index is 1.49. The molecule has 3 heterocycles. The van der Waals surface area contributed by atoms with Crippen molar-refractivity contribution in [3.05, 3.63) is 59.3 Å². The maximum absolute atomic E-state index is 13.6. The van der Waals surface area contributed by atoms with Gasteiger partial charge in [-0.05, 0) is 54.2 Å². The van der Waals surface area contributed by atoms with Gasteiger partial charge in [0.1, 0.15) is 11.4 Å². The molecule has 7 heteroatoms. The number of rotatable bonds is 5. The van der Waals surface area contributed by atoms with Crippen LogP contribution in [0.25, 0.3) is 5.57 Å². The van der Waals surface area contributed by atoms with Crippen LogP contribution in [-0.2, 0) is 16.1 Å². The fraction of sp³-hybridized carbons (Fsp3) is 0.360. The molecule has 3 aliphatic heterocycles. The summed E-state index contributed by atoms with van der Waals surface area (Å²) in [5.74, 6) is 2.12. The van der Waals surface area contributed by atoms with E-state index < -0.39 is 0 Å². The number of hydrogen-bond donors (Lipinski definition) is 0. The van der Waals surface area contributed by atoms with Gasteiger partial charge in [-0.2, -0.15) is 0 Å². The Kier molecular flexibility index (Phi) is 5.25. The lowest BCUT2D eigenvalue weighted by molar-refractivity contribution is -0.138. The van der Waals surface area contributed by atoms with Gasteiger partial charge in [-0.25, -0.2) is 0 Å². The van der Waals surface area contributed by atoms with E-state index in [9.17, 15) is 9.59 Å². The summed E-state index contributed by atoms with van der Waals surface area (Å²) < 4.78 is 16.1. The van der Waals surface area contributed by atoms with Crippen molar-refractivity contribution in [2.45, 2.75) is 26.3 Å². The molecule has 1 fully saturated rings. The molecule has 0 spiro atoms. The lowest BCUT2D eigenvalue weighted by Crippen LogP contribution is -2.38. The summed E-state index contributed by atoms with van der Waals surface area (Å²) >= 11 is 0. The first-order valence-corrected chi connectivity index (χ1v) is 10.9. The summed E-state index contributed by atoms with van der Waals surface area (Å²) in [6, 6.07) is 12.8. The number of amides is 2. The topological polar surface area (TPSA) is 68.3 Å². The number of carbonyl (C=O) groups excluding carboxylic acids is 2. The molecule has 2 amide bonds. The first kappa shape index (κ1) is 20.4. The second-order valence-corrected chi connectivity index (χ2v) is 8.51. The predicted molar refractivity (Wildman–Crippen MR) is 118 cm³/mol. The Morgan fingerprint density at radius 3 is 2.41 bits per heavy atom. The first-order valence-electron chi connectivity index (χ1n) is 10.9. The quantitative estimate of drug-likeness (QED) is 0.672. The van der Waals surface area contributed by atoms with E-state index in [2.05, 4.69) is 11.8 Å². The van der Waals surface area contributed by atoms with Gasteiger partial charge in [0, 0.05) is 13.1 Å². The maximum Gasteiger partial charge on any atom is 0.278 e. The smallest absolute Gasteiger partial charge is 0.278 e. The molecule has 2 aromatic rings. The van der Waals surface area contributed by atoms with Gasteiger partial charge < -0.3 is 19.1 Å².